The van der Waals surface area contributed by atoms with Crippen LogP contribution in [0.5, 0.6) is 5.75 Å². The van der Waals surface area contributed by atoms with Crippen molar-refractivity contribution in [2.24, 2.45) is 0 Å². The first kappa shape index (κ1) is 11.8. The van der Waals surface area contributed by atoms with Crippen molar-refractivity contribution < 1.29 is 14.6 Å². The van der Waals surface area contributed by atoms with Gasteiger partial charge in [-0.3, -0.25) is 0 Å². The number of hydrogen-bond acceptors (Lipinski definition) is 2. The summed E-state index contributed by atoms with van der Waals surface area (Å²) in [5.41, 5.74) is 2.78. The van der Waals surface area contributed by atoms with Crippen LogP contribution in [-0.4, -0.2) is 21.7 Å². The Bertz CT molecular complexity index is 630. The highest BCUT2D eigenvalue weighted by atomic mass is 16.5. The SMILES string of the molecule is Cc1ccc2c(c1)CC(Cn1ccc(C(=O)O)c1)O2. The van der Waals surface area contributed by atoms with Gasteiger partial charge in [0.25, 0.3) is 0 Å². The van der Waals surface area contributed by atoms with Gasteiger partial charge in [0, 0.05) is 18.8 Å². The molecule has 19 heavy (non-hydrogen) atoms. The van der Waals surface area contributed by atoms with Gasteiger partial charge in [0.05, 0.1) is 12.1 Å². The molecular formula is C15H15NO3. The van der Waals surface area contributed by atoms with E-state index in [1.54, 1.807) is 18.5 Å². The smallest absolute Gasteiger partial charge is 0.337 e. The van der Waals surface area contributed by atoms with E-state index in [1.165, 1.54) is 11.1 Å². The molecule has 1 aliphatic rings. The number of benzene rings is 1. The number of carboxylic acids is 1. The summed E-state index contributed by atoms with van der Waals surface area (Å²) >= 11 is 0. The molecular weight excluding hydrogens is 242 g/mol. The standard InChI is InChI=1S/C15H15NO3/c1-10-2-3-14-12(6-10)7-13(19-14)9-16-5-4-11(8-16)15(17)18/h2-6,8,13H,7,9H2,1H3,(H,17,18). The fourth-order valence-corrected chi connectivity index (χ4v) is 2.47. The average Bonchev–Trinajstić information content (AvgIpc) is 2.95. The molecule has 0 saturated heterocycles. The summed E-state index contributed by atoms with van der Waals surface area (Å²) in [7, 11) is 0. The largest absolute Gasteiger partial charge is 0.488 e. The third-order valence-corrected chi connectivity index (χ3v) is 3.37. The number of aromatic nitrogens is 1. The second-order valence-corrected chi connectivity index (χ2v) is 4.96. The number of rotatable bonds is 3. The fraction of sp³-hybridized carbons (Fsp3) is 0.267. The molecule has 0 spiro atoms. The van der Waals surface area contributed by atoms with Gasteiger partial charge in [-0.15, -0.1) is 0 Å². The van der Waals surface area contributed by atoms with Gasteiger partial charge < -0.3 is 14.4 Å². The summed E-state index contributed by atoms with van der Waals surface area (Å²) in [5.74, 6) is 0.0474. The second kappa shape index (κ2) is 4.46. The molecule has 0 bridgehead atoms. The molecule has 1 atom stereocenters. The molecule has 2 heterocycles. The van der Waals surface area contributed by atoms with E-state index < -0.39 is 5.97 Å². The molecule has 0 aliphatic carbocycles. The Labute approximate surface area is 111 Å². The zero-order valence-electron chi connectivity index (χ0n) is 10.7. The summed E-state index contributed by atoms with van der Waals surface area (Å²) in [6.07, 6.45) is 4.37. The van der Waals surface area contributed by atoms with E-state index in [1.807, 2.05) is 16.7 Å². The van der Waals surface area contributed by atoms with Crippen LogP contribution in [0.25, 0.3) is 0 Å². The summed E-state index contributed by atoms with van der Waals surface area (Å²) in [5, 5.41) is 8.89. The lowest BCUT2D eigenvalue weighted by Crippen LogP contribution is -2.19. The van der Waals surface area contributed by atoms with Crippen LogP contribution < -0.4 is 4.74 Å². The molecule has 0 amide bonds. The Morgan fingerprint density at radius 3 is 3.05 bits per heavy atom. The van der Waals surface area contributed by atoms with Crippen LogP contribution >= 0.6 is 0 Å². The van der Waals surface area contributed by atoms with Crippen LogP contribution in [-0.2, 0) is 13.0 Å². The molecule has 0 fully saturated rings. The van der Waals surface area contributed by atoms with Gasteiger partial charge in [-0.25, -0.2) is 4.79 Å². The van der Waals surface area contributed by atoms with E-state index >= 15 is 0 Å². The molecule has 1 unspecified atom stereocenters. The number of aryl methyl sites for hydroxylation is 1. The van der Waals surface area contributed by atoms with Crippen LogP contribution in [0.2, 0.25) is 0 Å². The van der Waals surface area contributed by atoms with E-state index in [0.717, 1.165) is 12.2 Å². The molecule has 1 aliphatic heterocycles. The Morgan fingerprint density at radius 1 is 1.47 bits per heavy atom. The molecule has 2 aromatic rings. The minimum Gasteiger partial charge on any atom is -0.488 e. The van der Waals surface area contributed by atoms with Crippen LogP contribution in [0, 0.1) is 6.92 Å². The lowest BCUT2D eigenvalue weighted by Gasteiger charge is -2.11. The molecule has 98 valence electrons. The Hall–Kier alpha value is -2.23. The van der Waals surface area contributed by atoms with E-state index in [0.29, 0.717) is 12.1 Å². The van der Waals surface area contributed by atoms with Gasteiger partial charge in [-0.1, -0.05) is 17.7 Å². The first-order valence-corrected chi connectivity index (χ1v) is 6.27. The Balaban J connectivity index is 1.71. The van der Waals surface area contributed by atoms with Crippen molar-refractivity contribution in [3.05, 3.63) is 53.3 Å². The lowest BCUT2D eigenvalue weighted by molar-refractivity contribution is 0.0696. The number of fused-ring (bicyclic) bond motifs is 1. The predicted molar refractivity (Wildman–Crippen MR) is 70.7 cm³/mol. The molecule has 1 N–H and O–H groups in total. The first-order valence-electron chi connectivity index (χ1n) is 6.27. The molecule has 1 aromatic heterocycles. The number of ether oxygens (including phenoxy) is 1. The van der Waals surface area contributed by atoms with Gasteiger partial charge >= 0.3 is 5.97 Å². The maximum absolute atomic E-state index is 10.8. The molecule has 3 rings (SSSR count). The topological polar surface area (TPSA) is 51.5 Å². The van der Waals surface area contributed by atoms with Crippen molar-refractivity contribution in [3.8, 4) is 5.75 Å². The number of nitrogens with zero attached hydrogens (tertiary/aromatic N) is 1. The van der Waals surface area contributed by atoms with Gasteiger partial charge in [0.1, 0.15) is 11.9 Å². The van der Waals surface area contributed by atoms with Crippen LogP contribution in [0.15, 0.2) is 36.7 Å². The van der Waals surface area contributed by atoms with Gasteiger partial charge in [-0.05, 0) is 24.6 Å². The molecule has 0 radical (unpaired) electrons. The van der Waals surface area contributed by atoms with Crippen molar-refractivity contribution in [1.82, 2.24) is 4.57 Å². The minimum absolute atomic E-state index is 0.0749. The Morgan fingerprint density at radius 2 is 2.32 bits per heavy atom. The highest BCUT2D eigenvalue weighted by Gasteiger charge is 2.23. The van der Waals surface area contributed by atoms with Gasteiger partial charge in [0.15, 0.2) is 0 Å². The zero-order chi connectivity index (χ0) is 13.4. The number of carboxylic acid groups (broad SMARTS) is 1. The van der Waals surface area contributed by atoms with Gasteiger partial charge in [0.2, 0.25) is 0 Å². The number of aromatic carboxylic acids is 1. The van der Waals surface area contributed by atoms with E-state index in [9.17, 15) is 4.79 Å². The normalized spacial score (nSPS) is 17.0. The first-order chi connectivity index (χ1) is 9.11. The van der Waals surface area contributed by atoms with Crippen LogP contribution in [0.3, 0.4) is 0 Å². The average molecular weight is 257 g/mol. The van der Waals surface area contributed by atoms with E-state index in [4.69, 9.17) is 9.84 Å². The maximum atomic E-state index is 10.8. The molecule has 4 heteroatoms. The quantitative estimate of drug-likeness (QED) is 0.919. The molecule has 4 nitrogen and oxygen atoms in total. The van der Waals surface area contributed by atoms with Crippen molar-refractivity contribution >= 4 is 5.97 Å². The summed E-state index contributed by atoms with van der Waals surface area (Å²) in [4.78, 5) is 10.8. The number of hydrogen-bond donors (Lipinski definition) is 1. The Kier molecular flexibility index (Phi) is 2.78. The third kappa shape index (κ3) is 2.34. The third-order valence-electron chi connectivity index (χ3n) is 3.37. The predicted octanol–water partition coefficient (Wildman–Crippen LogP) is 2.50. The lowest BCUT2D eigenvalue weighted by atomic mass is 10.1. The summed E-state index contributed by atoms with van der Waals surface area (Å²) < 4.78 is 7.74. The van der Waals surface area contributed by atoms with Crippen LogP contribution in [0.4, 0.5) is 0 Å². The monoisotopic (exact) mass is 257 g/mol. The molecule has 0 saturated carbocycles. The van der Waals surface area contributed by atoms with Crippen molar-refractivity contribution in [2.75, 3.05) is 0 Å². The van der Waals surface area contributed by atoms with E-state index in [2.05, 4.69) is 13.0 Å². The van der Waals surface area contributed by atoms with E-state index in [-0.39, 0.29) is 6.10 Å². The number of carbonyl (C=O) groups is 1. The minimum atomic E-state index is -0.898. The van der Waals surface area contributed by atoms with Crippen LogP contribution in [0.1, 0.15) is 21.5 Å². The second-order valence-electron chi connectivity index (χ2n) is 4.96. The highest BCUT2D eigenvalue weighted by molar-refractivity contribution is 5.87. The summed E-state index contributed by atoms with van der Waals surface area (Å²) in [6.45, 7) is 2.74. The maximum Gasteiger partial charge on any atom is 0.337 e. The summed E-state index contributed by atoms with van der Waals surface area (Å²) in [6, 6.07) is 7.80. The van der Waals surface area contributed by atoms with Crippen molar-refractivity contribution in [2.45, 2.75) is 26.0 Å². The van der Waals surface area contributed by atoms with Crippen molar-refractivity contribution in [3.63, 3.8) is 0 Å². The van der Waals surface area contributed by atoms with Gasteiger partial charge in [-0.2, -0.15) is 0 Å². The van der Waals surface area contributed by atoms with Crippen molar-refractivity contribution in [1.29, 1.82) is 0 Å². The highest BCUT2D eigenvalue weighted by Crippen LogP contribution is 2.30. The fourth-order valence-electron chi connectivity index (χ4n) is 2.47. The molecule has 1 aromatic carbocycles. The zero-order valence-corrected chi connectivity index (χ0v) is 10.7.